The van der Waals surface area contributed by atoms with Gasteiger partial charge in [-0.2, -0.15) is 0 Å². The summed E-state index contributed by atoms with van der Waals surface area (Å²) in [5.41, 5.74) is 16.8. The zero-order valence-corrected chi connectivity index (χ0v) is 10.5. The van der Waals surface area contributed by atoms with Crippen LogP contribution in [0.4, 0.5) is 5.69 Å². The third-order valence-corrected chi connectivity index (χ3v) is 2.66. The fourth-order valence-corrected chi connectivity index (χ4v) is 1.64. The number of hydrogen-bond acceptors (Lipinski definition) is 4. The zero-order valence-electron chi connectivity index (χ0n) is 10.5. The maximum atomic E-state index is 11.2. The van der Waals surface area contributed by atoms with Gasteiger partial charge in [0.05, 0.1) is 5.56 Å². The number of primary amides is 2. The SMILES string of the molecule is NC(=O)c1ccc(Oc2ccc(N)c(C(N)=O)c2)cc1. The van der Waals surface area contributed by atoms with Crippen molar-refractivity contribution in [1.82, 2.24) is 0 Å². The van der Waals surface area contributed by atoms with E-state index in [9.17, 15) is 9.59 Å². The minimum absolute atomic E-state index is 0.191. The second-order valence-electron chi connectivity index (χ2n) is 4.10. The quantitative estimate of drug-likeness (QED) is 0.724. The standard InChI is InChI=1S/C14H13N3O3/c15-12-6-5-10(7-11(12)14(17)19)20-9-3-1-8(2-4-9)13(16)18/h1-7H,15H2,(H2,16,18)(H2,17,19). The molecule has 0 aliphatic heterocycles. The van der Waals surface area contributed by atoms with Crippen LogP contribution in [0.3, 0.4) is 0 Å². The Hall–Kier alpha value is -3.02. The lowest BCUT2D eigenvalue weighted by atomic mass is 10.1. The van der Waals surface area contributed by atoms with Crippen molar-refractivity contribution in [2.45, 2.75) is 0 Å². The van der Waals surface area contributed by atoms with E-state index < -0.39 is 11.8 Å². The van der Waals surface area contributed by atoms with Gasteiger partial charge in [0.15, 0.2) is 0 Å². The van der Waals surface area contributed by atoms with E-state index in [2.05, 4.69) is 0 Å². The van der Waals surface area contributed by atoms with Gasteiger partial charge in [-0.15, -0.1) is 0 Å². The molecule has 0 radical (unpaired) electrons. The van der Waals surface area contributed by atoms with E-state index in [4.69, 9.17) is 21.9 Å². The van der Waals surface area contributed by atoms with Crippen LogP contribution in [0.1, 0.15) is 20.7 Å². The van der Waals surface area contributed by atoms with E-state index in [0.29, 0.717) is 17.1 Å². The first kappa shape index (κ1) is 13.4. The van der Waals surface area contributed by atoms with E-state index in [1.165, 1.54) is 12.1 Å². The fourth-order valence-electron chi connectivity index (χ4n) is 1.64. The molecular formula is C14H13N3O3. The highest BCUT2D eigenvalue weighted by atomic mass is 16.5. The summed E-state index contributed by atoms with van der Waals surface area (Å²) in [5, 5.41) is 0. The minimum atomic E-state index is -0.628. The third-order valence-electron chi connectivity index (χ3n) is 2.66. The summed E-state index contributed by atoms with van der Waals surface area (Å²) in [6.45, 7) is 0. The molecule has 0 fully saturated rings. The van der Waals surface area contributed by atoms with Gasteiger partial charge in [0, 0.05) is 11.3 Å². The van der Waals surface area contributed by atoms with Crippen LogP contribution in [0.15, 0.2) is 42.5 Å². The van der Waals surface area contributed by atoms with Gasteiger partial charge in [0.1, 0.15) is 11.5 Å². The molecule has 6 nitrogen and oxygen atoms in total. The number of nitrogen functional groups attached to an aromatic ring is 1. The maximum absolute atomic E-state index is 11.2. The molecule has 0 atom stereocenters. The van der Waals surface area contributed by atoms with Crippen LogP contribution >= 0.6 is 0 Å². The van der Waals surface area contributed by atoms with Crippen LogP contribution < -0.4 is 21.9 Å². The average molecular weight is 271 g/mol. The van der Waals surface area contributed by atoms with Gasteiger partial charge in [-0.1, -0.05) is 0 Å². The van der Waals surface area contributed by atoms with E-state index in [-0.39, 0.29) is 11.3 Å². The molecule has 0 bridgehead atoms. The molecule has 6 N–H and O–H groups in total. The first-order valence-electron chi connectivity index (χ1n) is 5.74. The molecule has 0 saturated heterocycles. The van der Waals surface area contributed by atoms with Crippen molar-refractivity contribution in [2.75, 3.05) is 5.73 Å². The number of benzene rings is 2. The Morgan fingerprint density at radius 3 is 2.00 bits per heavy atom. The van der Waals surface area contributed by atoms with E-state index in [0.717, 1.165) is 0 Å². The highest BCUT2D eigenvalue weighted by Crippen LogP contribution is 2.25. The molecule has 0 aliphatic rings. The van der Waals surface area contributed by atoms with Gasteiger partial charge < -0.3 is 21.9 Å². The molecule has 0 unspecified atom stereocenters. The molecule has 2 aromatic carbocycles. The largest absolute Gasteiger partial charge is 0.457 e. The number of amides is 2. The summed E-state index contributed by atoms with van der Waals surface area (Å²) in [4.78, 5) is 22.1. The van der Waals surface area contributed by atoms with E-state index in [1.807, 2.05) is 0 Å². The molecule has 102 valence electrons. The first-order valence-corrected chi connectivity index (χ1v) is 5.74. The van der Waals surface area contributed by atoms with Crippen molar-refractivity contribution >= 4 is 17.5 Å². The van der Waals surface area contributed by atoms with Crippen LogP contribution in [-0.2, 0) is 0 Å². The van der Waals surface area contributed by atoms with Crippen LogP contribution in [0.5, 0.6) is 11.5 Å². The number of hydrogen-bond donors (Lipinski definition) is 3. The maximum Gasteiger partial charge on any atom is 0.250 e. The van der Waals surface area contributed by atoms with Gasteiger partial charge in [0.2, 0.25) is 5.91 Å². The minimum Gasteiger partial charge on any atom is -0.457 e. The van der Waals surface area contributed by atoms with Crippen molar-refractivity contribution in [2.24, 2.45) is 11.5 Å². The summed E-state index contributed by atoms with van der Waals surface area (Å²) in [7, 11) is 0. The second-order valence-corrected chi connectivity index (χ2v) is 4.10. The first-order chi connectivity index (χ1) is 9.47. The lowest BCUT2D eigenvalue weighted by Crippen LogP contribution is -2.13. The fraction of sp³-hybridized carbons (Fsp3) is 0. The highest BCUT2D eigenvalue weighted by Gasteiger charge is 2.08. The Morgan fingerprint density at radius 1 is 0.850 bits per heavy atom. The molecule has 0 saturated carbocycles. The summed E-state index contributed by atoms with van der Waals surface area (Å²) in [5.74, 6) is -0.230. The molecule has 2 aromatic rings. The summed E-state index contributed by atoms with van der Waals surface area (Å²) < 4.78 is 5.54. The molecule has 6 heteroatoms. The van der Waals surface area contributed by atoms with Gasteiger partial charge >= 0.3 is 0 Å². The Balaban J connectivity index is 2.23. The molecule has 0 aromatic heterocycles. The number of anilines is 1. The van der Waals surface area contributed by atoms with Gasteiger partial charge in [-0.3, -0.25) is 9.59 Å². The van der Waals surface area contributed by atoms with Crippen LogP contribution in [0.2, 0.25) is 0 Å². The molecular weight excluding hydrogens is 258 g/mol. The second kappa shape index (κ2) is 5.31. The topological polar surface area (TPSA) is 121 Å². The Kier molecular flexibility index (Phi) is 3.56. The summed E-state index contributed by atoms with van der Waals surface area (Å²) in [6.07, 6.45) is 0. The number of carbonyl (C=O) groups is 2. The molecule has 0 spiro atoms. The van der Waals surface area contributed by atoms with Crippen molar-refractivity contribution in [3.8, 4) is 11.5 Å². The summed E-state index contributed by atoms with van der Waals surface area (Å²) in [6, 6.07) is 10.9. The molecule has 20 heavy (non-hydrogen) atoms. The van der Waals surface area contributed by atoms with Crippen molar-refractivity contribution < 1.29 is 14.3 Å². The Bertz CT molecular complexity index is 666. The van der Waals surface area contributed by atoms with Crippen molar-refractivity contribution in [3.63, 3.8) is 0 Å². The van der Waals surface area contributed by atoms with Gasteiger partial charge in [0.25, 0.3) is 5.91 Å². The van der Waals surface area contributed by atoms with Gasteiger partial charge in [-0.05, 0) is 42.5 Å². The lowest BCUT2D eigenvalue weighted by molar-refractivity contribution is 0.0992. The molecule has 2 rings (SSSR count). The zero-order chi connectivity index (χ0) is 14.7. The number of ether oxygens (including phenoxy) is 1. The number of carbonyl (C=O) groups excluding carboxylic acids is 2. The third kappa shape index (κ3) is 2.86. The summed E-state index contributed by atoms with van der Waals surface area (Å²) >= 11 is 0. The van der Waals surface area contributed by atoms with E-state index >= 15 is 0 Å². The number of nitrogens with two attached hydrogens (primary N) is 3. The van der Waals surface area contributed by atoms with Crippen LogP contribution in [-0.4, -0.2) is 11.8 Å². The predicted octanol–water partition coefficient (Wildman–Crippen LogP) is 1.26. The smallest absolute Gasteiger partial charge is 0.250 e. The van der Waals surface area contributed by atoms with Crippen LogP contribution in [0, 0.1) is 0 Å². The van der Waals surface area contributed by atoms with Gasteiger partial charge in [-0.25, -0.2) is 0 Å². The van der Waals surface area contributed by atoms with Crippen molar-refractivity contribution in [3.05, 3.63) is 53.6 Å². The Morgan fingerprint density at radius 2 is 1.45 bits per heavy atom. The van der Waals surface area contributed by atoms with Crippen LogP contribution in [0.25, 0.3) is 0 Å². The molecule has 0 aliphatic carbocycles. The molecule has 2 amide bonds. The normalized spacial score (nSPS) is 10.0. The van der Waals surface area contributed by atoms with E-state index in [1.54, 1.807) is 30.3 Å². The lowest BCUT2D eigenvalue weighted by Gasteiger charge is -2.08. The number of rotatable bonds is 4. The highest BCUT2D eigenvalue weighted by molar-refractivity contribution is 5.98. The predicted molar refractivity (Wildman–Crippen MR) is 74.4 cm³/mol. The molecule has 0 heterocycles. The Labute approximate surface area is 115 Å². The monoisotopic (exact) mass is 271 g/mol. The average Bonchev–Trinajstić information content (AvgIpc) is 2.41. The van der Waals surface area contributed by atoms with Crippen molar-refractivity contribution in [1.29, 1.82) is 0 Å².